The van der Waals surface area contributed by atoms with Crippen LogP contribution in [0.4, 0.5) is 0 Å². The first-order valence-electron chi connectivity index (χ1n) is 5.99. The van der Waals surface area contributed by atoms with E-state index in [-0.39, 0.29) is 17.9 Å². The zero-order valence-electron chi connectivity index (χ0n) is 10.5. The minimum Gasteiger partial charge on any atom is -0.393 e. The van der Waals surface area contributed by atoms with E-state index in [9.17, 15) is 9.90 Å². The van der Waals surface area contributed by atoms with Crippen LogP contribution < -0.4 is 0 Å². The van der Waals surface area contributed by atoms with Gasteiger partial charge in [0.05, 0.1) is 17.4 Å². The molecule has 1 fully saturated rings. The van der Waals surface area contributed by atoms with Crippen LogP contribution in [-0.4, -0.2) is 45.3 Å². The van der Waals surface area contributed by atoms with Gasteiger partial charge in [-0.15, -0.1) is 0 Å². The Morgan fingerprint density at radius 2 is 2.24 bits per heavy atom. The van der Waals surface area contributed by atoms with Gasteiger partial charge in [-0.05, 0) is 26.2 Å². The van der Waals surface area contributed by atoms with E-state index in [0.717, 1.165) is 11.4 Å². The highest BCUT2D eigenvalue weighted by molar-refractivity contribution is 5.96. The molecule has 2 heterocycles. The molecule has 0 saturated carbocycles. The first-order chi connectivity index (χ1) is 8.00. The SMILES string of the molecule is Cc1n[nH]c(C)c1C(=O)N1CCC(O)C(C)C1. The van der Waals surface area contributed by atoms with E-state index < -0.39 is 0 Å². The molecule has 1 saturated heterocycles. The monoisotopic (exact) mass is 237 g/mol. The molecule has 0 bridgehead atoms. The van der Waals surface area contributed by atoms with Crippen LogP contribution in [0.15, 0.2) is 0 Å². The molecule has 2 rings (SSSR count). The third-order valence-corrected chi connectivity index (χ3v) is 3.49. The summed E-state index contributed by atoms with van der Waals surface area (Å²) in [6.45, 7) is 6.89. The molecular weight excluding hydrogens is 218 g/mol. The lowest BCUT2D eigenvalue weighted by molar-refractivity contribution is 0.0297. The van der Waals surface area contributed by atoms with Gasteiger partial charge in [-0.25, -0.2) is 0 Å². The normalized spacial score (nSPS) is 25.1. The number of rotatable bonds is 1. The van der Waals surface area contributed by atoms with E-state index in [1.165, 1.54) is 0 Å². The highest BCUT2D eigenvalue weighted by Gasteiger charge is 2.29. The average molecular weight is 237 g/mol. The molecule has 1 amide bonds. The van der Waals surface area contributed by atoms with Crippen LogP contribution in [0.25, 0.3) is 0 Å². The van der Waals surface area contributed by atoms with Crippen LogP contribution in [-0.2, 0) is 0 Å². The van der Waals surface area contributed by atoms with Crippen LogP contribution in [0.1, 0.15) is 35.1 Å². The molecule has 2 unspecified atom stereocenters. The van der Waals surface area contributed by atoms with Gasteiger partial charge in [-0.2, -0.15) is 5.10 Å². The number of H-pyrrole nitrogens is 1. The second-order valence-electron chi connectivity index (χ2n) is 4.89. The summed E-state index contributed by atoms with van der Waals surface area (Å²) in [6.07, 6.45) is 0.369. The summed E-state index contributed by atoms with van der Waals surface area (Å²) in [5, 5.41) is 16.5. The van der Waals surface area contributed by atoms with E-state index in [1.807, 2.05) is 25.7 Å². The lowest BCUT2D eigenvalue weighted by atomic mass is 9.96. The summed E-state index contributed by atoms with van der Waals surface area (Å²) in [6, 6.07) is 0. The van der Waals surface area contributed by atoms with Gasteiger partial charge in [0.1, 0.15) is 0 Å². The van der Waals surface area contributed by atoms with Gasteiger partial charge in [0, 0.05) is 18.8 Å². The number of hydrogen-bond donors (Lipinski definition) is 2. The predicted octanol–water partition coefficient (Wildman–Crippen LogP) is 0.869. The van der Waals surface area contributed by atoms with Gasteiger partial charge in [0.25, 0.3) is 5.91 Å². The number of amides is 1. The molecule has 1 aromatic rings. The predicted molar refractivity (Wildman–Crippen MR) is 63.8 cm³/mol. The molecule has 0 spiro atoms. The van der Waals surface area contributed by atoms with E-state index in [1.54, 1.807) is 0 Å². The maximum Gasteiger partial charge on any atom is 0.257 e. The van der Waals surface area contributed by atoms with Gasteiger partial charge in [0.2, 0.25) is 0 Å². The molecule has 5 heteroatoms. The minimum absolute atomic E-state index is 0.0208. The standard InChI is InChI=1S/C12H19N3O2/c1-7-6-15(5-4-10(7)16)12(17)11-8(2)13-14-9(11)3/h7,10,16H,4-6H2,1-3H3,(H,13,14). The number of nitrogens with one attached hydrogen (secondary N) is 1. The number of carbonyl (C=O) groups is 1. The Kier molecular flexibility index (Phi) is 3.19. The molecule has 2 N–H and O–H groups in total. The fourth-order valence-corrected chi connectivity index (χ4v) is 2.34. The van der Waals surface area contributed by atoms with Crippen LogP contribution >= 0.6 is 0 Å². The maximum absolute atomic E-state index is 12.3. The number of piperidine rings is 1. The fourth-order valence-electron chi connectivity index (χ4n) is 2.34. The van der Waals surface area contributed by atoms with Crippen molar-refractivity contribution in [2.45, 2.75) is 33.3 Å². The quantitative estimate of drug-likeness (QED) is 0.761. The number of nitrogens with zero attached hydrogens (tertiary/aromatic N) is 2. The minimum atomic E-state index is -0.286. The Bertz CT molecular complexity index is 408. The number of aliphatic hydroxyl groups excluding tert-OH is 1. The highest BCUT2D eigenvalue weighted by Crippen LogP contribution is 2.20. The molecule has 1 aromatic heterocycles. The maximum atomic E-state index is 12.3. The van der Waals surface area contributed by atoms with Gasteiger partial charge in [-0.1, -0.05) is 6.92 Å². The molecule has 17 heavy (non-hydrogen) atoms. The molecular formula is C12H19N3O2. The van der Waals surface area contributed by atoms with Crippen molar-refractivity contribution in [3.05, 3.63) is 17.0 Å². The van der Waals surface area contributed by atoms with E-state index in [4.69, 9.17) is 0 Å². The van der Waals surface area contributed by atoms with E-state index >= 15 is 0 Å². The van der Waals surface area contributed by atoms with Crippen molar-refractivity contribution in [3.8, 4) is 0 Å². The lowest BCUT2D eigenvalue weighted by Crippen LogP contribution is -2.45. The van der Waals surface area contributed by atoms with E-state index in [2.05, 4.69) is 10.2 Å². The van der Waals surface area contributed by atoms with Crippen LogP contribution in [0.5, 0.6) is 0 Å². The van der Waals surface area contributed by atoms with Crippen LogP contribution in [0, 0.1) is 19.8 Å². The average Bonchev–Trinajstić information content (AvgIpc) is 2.62. The van der Waals surface area contributed by atoms with Crippen molar-refractivity contribution in [1.82, 2.24) is 15.1 Å². The molecule has 1 aliphatic heterocycles. The number of aryl methyl sites for hydroxylation is 2. The van der Waals surface area contributed by atoms with Gasteiger partial charge in [0.15, 0.2) is 0 Å². The molecule has 94 valence electrons. The topological polar surface area (TPSA) is 69.2 Å². The summed E-state index contributed by atoms with van der Waals surface area (Å²) in [7, 11) is 0. The Hall–Kier alpha value is -1.36. The fraction of sp³-hybridized carbons (Fsp3) is 0.667. The van der Waals surface area contributed by atoms with Crippen molar-refractivity contribution in [2.75, 3.05) is 13.1 Å². The zero-order chi connectivity index (χ0) is 12.6. The molecule has 0 aromatic carbocycles. The molecule has 0 radical (unpaired) electrons. The molecule has 5 nitrogen and oxygen atoms in total. The Labute approximate surface area is 101 Å². The van der Waals surface area contributed by atoms with Crippen molar-refractivity contribution in [2.24, 2.45) is 5.92 Å². The second-order valence-corrected chi connectivity index (χ2v) is 4.89. The summed E-state index contributed by atoms with van der Waals surface area (Å²) in [5.74, 6) is 0.160. The first kappa shape index (κ1) is 12.1. The third kappa shape index (κ3) is 2.20. The zero-order valence-corrected chi connectivity index (χ0v) is 10.5. The third-order valence-electron chi connectivity index (χ3n) is 3.49. The summed E-state index contributed by atoms with van der Waals surface area (Å²) in [4.78, 5) is 14.1. The highest BCUT2D eigenvalue weighted by atomic mass is 16.3. The largest absolute Gasteiger partial charge is 0.393 e. The number of likely N-dealkylation sites (tertiary alicyclic amines) is 1. The Morgan fingerprint density at radius 1 is 1.53 bits per heavy atom. The number of carbonyl (C=O) groups excluding carboxylic acids is 1. The summed E-state index contributed by atoms with van der Waals surface area (Å²) >= 11 is 0. The molecule has 2 atom stereocenters. The number of aliphatic hydroxyl groups is 1. The first-order valence-corrected chi connectivity index (χ1v) is 5.99. The van der Waals surface area contributed by atoms with Crippen molar-refractivity contribution >= 4 is 5.91 Å². The van der Waals surface area contributed by atoms with Crippen LogP contribution in [0.3, 0.4) is 0 Å². The second kappa shape index (κ2) is 4.49. The van der Waals surface area contributed by atoms with Crippen molar-refractivity contribution in [3.63, 3.8) is 0 Å². The van der Waals surface area contributed by atoms with Gasteiger partial charge in [-0.3, -0.25) is 9.89 Å². The van der Waals surface area contributed by atoms with Gasteiger partial charge < -0.3 is 10.0 Å². The lowest BCUT2D eigenvalue weighted by Gasteiger charge is -2.34. The number of hydrogen-bond acceptors (Lipinski definition) is 3. The number of aromatic nitrogens is 2. The Morgan fingerprint density at radius 3 is 2.76 bits per heavy atom. The van der Waals surface area contributed by atoms with Crippen LogP contribution in [0.2, 0.25) is 0 Å². The Balaban J connectivity index is 2.16. The molecule has 0 aliphatic carbocycles. The van der Waals surface area contributed by atoms with Gasteiger partial charge >= 0.3 is 0 Å². The molecule has 1 aliphatic rings. The van der Waals surface area contributed by atoms with E-state index in [0.29, 0.717) is 25.1 Å². The van der Waals surface area contributed by atoms with Crippen molar-refractivity contribution < 1.29 is 9.90 Å². The summed E-state index contributed by atoms with van der Waals surface area (Å²) in [5.41, 5.74) is 2.23. The van der Waals surface area contributed by atoms with Crippen molar-refractivity contribution in [1.29, 1.82) is 0 Å². The number of aromatic amines is 1. The smallest absolute Gasteiger partial charge is 0.257 e. The summed E-state index contributed by atoms with van der Waals surface area (Å²) < 4.78 is 0.